The molecule has 1 aliphatic rings. The average molecular weight is 465 g/mol. The molecular weight excluding hydrogens is 447 g/mol. The molecule has 4 rings (SSSR count). The molecule has 7 nitrogen and oxygen atoms in total. The van der Waals surface area contributed by atoms with Gasteiger partial charge in [0.1, 0.15) is 10.0 Å². The lowest BCUT2D eigenvalue weighted by atomic mass is 10.0. The number of nitrogens with zero attached hydrogens (tertiary/aromatic N) is 1. The van der Waals surface area contributed by atoms with Gasteiger partial charge in [0.25, 0.3) is 5.91 Å². The van der Waals surface area contributed by atoms with Crippen LogP contribution in [-0.2, 0) is 16.0 Å². The van der Waals surface area contributed by atoms with Gasteiger partial charge in [-0.2, -0.15) is 0 Å². The SMILES string of the molecule is CC(=O)N(CC(N)=O)C1c2ccccc2CC1NC(=O)c1cc2sc(Cl)c(Cl)c2[nH]1. The van der Waals surface area contributed by atoms with Crippen LogP contribution < -0.4 is 11.1 Å². The van der Waals surface area contributed by atoms with E-state index in [1.165, 1.54) is 23.2 Å². The zero-order valence-corrected chi connectivity index (χ0v) is 18.2. The van der Waals surface area contributed by atoms with Crippen molar-refractivity contribution in [3.05, 3.63) is 56.5 Å². The van der Waals surface area contributed by atoms with Crippen molar-refractivity contribution >= 4 is 62.5 Å². The second-order valence-electron chi connectivity index (χ2n) is 7.15. The van der Waals surface area contributed by atoms with Crippen molar-refractivity contribution in [3.63, 3.8) is 0 Å². The van der Waals surface area contributed by atoms with Crippen LogP contribution in [0.25, 0.3) is 10.2 Å². The van der Waals surface area contributed by atoms with Crippen molar-refractivity contribution in [1.29, 1.82) is 0 Å². The molecule has 156 valence electrons. The molecule has 0 bridgehead atoms. The summed E-state index contributed by atoms with van der Waals surface area (Å²) in [6.45, 7) is 1.15. The number of carbonyl (C=O) groups is 3. The van der Waals surface area contributed by atoms with Crippen molar-refractivity contribution in [1.82, 2.24) is 15.2 Å². The van der Waals surface area contributed by atoms with E-state index in [4.69, 9.17) is 28.9 Å². The molecule has 30 heavy (non-hydrogen) atoms. The Morgan fingerprint density at radius 3 is 2.70 bits per heavy atom. The van der Waals surface area contributed by atoms with Crippen molar-refractivity contribution in [2.45, 2.75) is 25.4 Å². The number of thiophene rings is 1. The van der Waals surface area contributed by atoms with Crippen LogP contribution in [0.4, 0.5) is 0 Å². The smallest absolute Gasteiger partial charge is 0.268 e. The van der Waals surface area contributed by atoms with E-state index >= 15 is 0 Å². The predicted octanol–water partition coefficient (Wildman–Crippen LogP) is 3.27. The number of fused-ring (bicyclic) bond motifs is 2. The third kappa shape index (κ3) is 3.66. The number of halogens is 2. The first-order chi connectivity index (χ1) is 14.3. The third-order valence-electron chi connectivity index (χ3n) is 5.20. The van der Waals surface area contributed by atoms with Gasteiger partial charge < -0.3 is 20.9 Å². The molecule has 0 spiro atoms. The van der Waals surface area contributed by atoms with E-state index in [1.54, 1.807) is 6.07 Å². The molecule has 1 aromatic carbocycles. The van der Waals surface area contributed by atoms with Crippen LogP contribution in [0.2, 0.25) is 9.36 Å². The standard InChI is InChI=1S/C20H18Cl2N4O3S/c1-9(27)26(8-15(23)28)18-11-5-3-2-4-10(11)6-12(18)25-20(29)13-7-14-17(24-13)16(21)19(22)30-14/h2-5,7,12,18,24H,6,8H2,1H3,(H2,23,28)(H,25,29). The first-order valence-corrected chi connectivity index (χ1v) is 10.7. The number of primary amides is 1. The molecular formula is C20H18Cl2N4O3S. The number of amides is 3. The number of benzene rings is 1. The highest BCUT2D eigenvalue weighted by molar-refractivity contribution is 7.23. The molecule has 2 aromatic heterocycles. The minimum atomic E-state index is -0.615. The van der Waals surface area contributed by atoms with Gasteiger partial charge in [-0.05, 0) is 23.6 Å². The van der Waals surface area contributed by atoms with Crippen LogP contribution >= 0.6 is 34.5 Å². The normalized spacial score (nSPS) is 17.7. The number of rotatable bonds is 5. The molecule has 0 saturated carbocycles. The molecule has 10 heteroatoms. The van der Waals surface area contributed by atoms with Crippen LogP contribution in [0, 0.1) is 0 Å². The molecule has 3 aromatic rings. The van der Waals surface area contributed by atoms with Gasteiger partial charge in [-0.3, -0.25) is 14.4 Å². The van der Waals surface area contributed by atoms with Crippen LogP contribution in [0.1, 0.15) is 34.6 Å². The average Bonchev–Trinajstić information content (AvgIpc) is 3.33. The summed E-state index contributed by atoms with van der Waals surface area (Å²) >= 11 is 13.5. The highest BCUT2D eigenvalue weighted by Gasteiger charge is 2.39. The number of nitrogens with two attached hydrogens (primary N) is 1. The van der Waals surface area contributed by atoms with Crippen molar-refractivity contribution in [3.8, 4) is 0 Å². The predicted molar refractivity (Wildman–Crippen MR) is 117 cm³/mol. The second-order valence-corrected chi connectivity index (χ2v) is 9.19. The van der Waals surface area contributed by atoms with Gasteiger partial charge in [-0.15, -0.1) is 11.3 Å². The van der Waals surface area contributed by atoms with E-state index in [-0.39, 0.29) is 18.4 Å². The van der Waals surface area contributed by atoms with Crippen molar-refractivity contribution < 1.29 is 14.4 Å². The Labute approximate surface area is 186 Å². The van der Waals surface area contributed by atoms with Gasteiger partial charge in [-0.25, -0.2) is 0 Å². The maximum absolute atomic E-state index is 13.0. The van der Waals surface area contributed by atoms with Crippen LogP contribution in [0.3, 0.4) is 0 Å². The number of hydrogen-bond donors (Lipinski definition) is 3. The molecule has 4 N–H and O–H groups in total. The lowest BCUT2D eigenvalue weighted by molar-refractivity contribution is -0.136. The Morgan fingerprint density at radius 2 is 2.03 bits per heavy atom. The fourth-order valence-corrected chi connectivity index (χ4v) is 5.43. The fraction of sp³-hybridized carbons (Fsp3) is 0.250. The Morgan fingerprint density at radius 1 is 1.30 bits per heavy atom. The highest BCUT2D eigenvalue weighted by Crippen LogP contribution is 2.39. The fourth-order valence-electron chi connectivity index (χ4n) is 3.95. The summed E-state index contributed by atoms with van der Waals surface area (Å²) < 4.78 is 1.24. The molecule has 0 aliphatic heterocycles. The van der Waals surface area contributed by atoms with Crippen LogP contribution in [-0.4, -0.2) is 40.2 Å². The largest absolute Gasteiger partial charge is 0.368 e. The summed E-state index contributed by atoms with van der Waals surface area (Å²) in [5.41, 5.74) is 8.22. The summed E-state index contributed by atoms with van der Waals surface area (Å²) in [4.78, 5) is 41.3. The van der Waals surface area contributed by atoms with E-state index in [0.29, 0.717) is 27.0 Å². The van der Waals surface area contributed by atoms with Crippen molar-refractivity contribution in [2.75, 3.05) is 6.54 Å². The quantitative estimate of drug-likeness (QED) is 0.538. The van der Waals surface area contributed by atoms with Crippen molar-refractivity contribution in [2.24, 2.45) is 5.73 Å². The van der Waals surface area contributed by atoms with E-state index in [2.05, 4.69) is 10.3 Å². The van der Waals surface area contributed by atoms with E-state index in [1.807, 2.05) is 24.3 Å². The molecule has 0 fully saturated rings. The molecule has 2 heterocycles. The zero-order chi connectivity index (χ0) is 21.6. The number of hydrogen-bond acceptors (Lipinski definition) is 4. The number of carbonyl (C=O) groups excluding carboxylic acids is 3. The topological polar surface area (TPSA) is 108 Å². The Hall–Kier alpha value is -2.55. The van der Waals surface area contributed by atoms with Gasteiger partial charge >= 0.3 is 0 Å². The summed E-state index contributed by atoms with van der Waals surface area (Å²) in [5, 5.41) is 3.38. The maximum Gasteiger partial charge on any atom is 0.268 e. The van der Waals surface area contributed by atoms with Gasteiger partial charge in [0.05, 0.1) is 33.9 Å². The Kier molecular flexibility index (Phi) is 5.48. The van der Waals surface area contributed by atoms with Gasteiger partial charge in [0, 0.05) is 6.92 Å². The number of H-pyrrole nitrogens is 1. The van der Waals surface area contributed by atoms with E-state index in [0.717, 1.165) is 15.8 Å². The molecule has 0 saturated heterocycles. The summed E-state index contributed by atoms with van der Waals surface area (Å²) in [6.07, 6.45) is 0.525. The molecule has 1 aliphatic carbocycles. The second kappa shape index (κ2) is 7.94. The lowest BCUT2D eigenvalue weighted by Crippen LogP contribution is -2.48. The molecule has 2 unspecified atom stereocenters. The third-order valence-corrected chi connectivity index (χ3v) is 7.13. The maximum atomic E-state index is 13.0. The lowest BCUT2D eigenvalue weighted by Gasteiger charge is -2.32. The van der Waals surface area contributed by atoms with E-state index in [9.17, 15) is 14.4 Å². The summed E-state index contributed by atoms with van der Waals surface area (Å²) in [6, 6.07) is 8.39. The van der Waals surface area contributed by atoms with E-state index < -0.39 is 18.0 Å². The number of aromatic nitrogens is 1. The molecule has 0 radical (unpaired) electrons. The summed E-state index contributed by atoms with van der Waals surface area (Å²) in [5.74, 6) is -1.25. The molecule has 3 amide bonds. The minimum Gasteiger partial charge on any atom is -0.368 e. The van der Waals surface area contributed by atoms with Crippen LogP contribution in [0.5, 0.6) is 0 Å². The minimum absolute atomic E-state index is 0.229. The Bertz CT molecular complexity index is 1170. The highest BCUT2D eigenvalue weighted by atomic mass is 35.5. The first-order valence-electron chi connectivity index (χ1n) is 9.17. The number of nitrogens with one attached hydrogen (secondary N) is 2. The van der Waals surface area contributed by atoms with Crippen LogP contribution in [0.15, 0.2) is 30.3 Å². The number of aromatic amines is 1. The van der Waals surface area contributed by atoms with Gasteiger partial charge in [-0.1, -0.05) is 47.5 Å². The first kappa shape index (κ1) is 20.7. The zero-order valence-electron chi connectivity index (χ0n) is 15.9. The Balaban J connectivity index is 1.64. The summed E-state index contributed by atoms with van der Waals surface area (Å²) in [7, 11) is 0. The van der Waals surface area contributed by atoms with Gasteiger partial charge in [0.2, 0.25) is 11.8 Å². The molecule has 2 atom stereocenters. The van der Waals surface area contributed by atoms with Gasteiger partial charge in [0.15, 0.2) is 0 Å². The monoisotopic (exact) mass is 464 g/mol.